The van der Waals surface area contributed by atoms with Crippen LogP contribution in [0.25, 0.3) is 0 Å². The Labute approximate surface area is 354 Å². The zero-order valence-electron chi connectivity index (χ0n) is 37.0. The maximum absolute atomic E-state index is 12.6. The molecule has 9 nitrogen and oxygen atoms in total. The van der Waals surface area contributed by atoms with E-state index in [4.69, 9.17) is 18.5 Å². The van der Waals surface area contributed by atoms with Crippen molar-refractivity contribution in [3.8, 4) is 0 Å². The highest BCUT2D eigenvalue weighted by Gasteiger charge is 2.26. The van der Waals surface area contributed by atoms with E-state index in [0.29, 0.717) is 13.0 Å². The molecule has 0 spiro atoms. The van der Waals surface area contributed by atoms with Gasteiger partial charge in [0.2, 0.25) is 0 Å². The zero-order chi connectivity index (χ0) is 42.5. The number of phosphoric acid groups is 1. The molecule has 0 aromatic rings. The van der Waals surface area contributed by atoms with Crippen molar-refractivity contribution in [1.29, 1.82) is 0 Å². The predicted octanol–water partition coefficient (Wildman–Crippen LogP) is 13.3. The van der Waals surface area contributed by atoms with Gasteiger partial charge in [-0.25, -0.2) is 4.57 Å². The Hall–Kier alpha value is -2.55. The van der Waals surface area contributed by atoms with Crippen molar-refractivity contribution in [2.45, 2.75) is 187 Å². The number of allylic oxidation sites excluding steroid dienone is 12. The third-order valence-electron chi connectivity index (χ3n) is 9.30. The van der Waals surface area contributed by atoms with Gasteiger partial charge in [0.05, 0.1) is 13.2 Å². The van der Waals surface area contributed by atoms with Crippen LogP contribution in [-0.2, 0) is 32.7 Å². The largest absolute Gasteiger partial charge is 0.472 e. The lowest BCUT2D eigenvalue weighted by molar-refractivity contribution is -0.161. The Balaban J connectivity index is 4.29. The van der Waals surface area contributed by atoms with Gasteiger partial charge in [0.1, 0.15) is 6.61 Å². The van der Waals surface area contributed by atoms with E-state index in [1.807, 2.05) is 0 Å². The third kappa shape index (κ3) is 43.0. The van der Waals surface area contributed by atoms with Gasteiger partial charge in [0.15, 0.2) is 6.10 Å². The fraction of sp³-hybridized carbons (Fsp3) is 0.708. The molecule has 0 radical (unpaired) electrons. The molecule has 0 saturated carbocycles. The first-order valence-electron chi connectivity index (χ1n) is 22.9. The van der Waals surface area contributed by atoms with E-state index in [1.165, 1.54) is 70.6 Å². The van der Waals surface area contributed by atoms with E-state index in [1.54, 1.807) is 7.05 Å². The minimum atomic E-state index is -4.37. The number of esters is 2. The van der Waals surface area contributed by atoms with Crippen molar-refractivity contribution >= 4 is 19.8 Å². The van der Waals surface area contributed by atoms with Crippen molar-refractivity contribution < 1.29 is 37.6 Å². The molecule has 2 unspecified atom stereocenters. The molecule has 334 valence electrons. The fourth-order valence-corrected chi connectivity index (χ4v) is 6.55. The summed E-state index contributed by atoms with van der Waals surface area (Å²) in [5, 5.41) is 2.82. The highest BCUT2D eigenvalue weighted by molar-refractivity contribution is 7.47. The van der Waals surface area contributed by atoms with E-state index in [-0.39, 0.29) is 26.1 Å². The van der Waals surface area contributed by atoms with Gasteiger partial charge >= 0.3 is 19.8 Å². The van der Waals surface area contributed by atoms with Crippen LogP contribution in [0.5, 0.6) is 0 Å². The maximum Gasteiger partial charge on any atom is 0.472 e. The second-order valence-electron chi connectivity index (χ2n) is 14.9. The number of nitrogens with one attached hydrogen (secondary N) is 1. The summed E-state index contributed by atoms with van der Waals surface area (Å²) in [7, 11) is -2.67. The molecule has 0 aliphatic rings. The Morgan fingerprint density at radius 3 is 1.40 bits per heavy atom. The van der Waals surface area contributed by atoms with Crippen molar-refractivity contribution in [3.63, 3.8) is 0 Å². The first-order chi connectivity index (χ1) is 28.3. The average Bonchev–Trinajstić information content (AvgIpc) is 3.21. The van der Waals surface area contributed by atoms with Crippen LogP contribution in [0.2, 0.25) is 0 Å². The lowest BCUT2D eigenvalue weighted by Crippen LogP contribution is -2.29. The van der Waals surface area contributed by atoms with Gasteiger partial charge < -0.3 is 19.7 Å². The van der Waals surface area contributed by atoms with Crippen LogP contribution in [0.3, 0.4) is 0 Å². The summed E-state index contributed by atoms with van der Waals surface area (Å²) >= 11 is 0. The summed E-state index contributed by atoms with van der Waals surface area (Å²) in [5.41, 5.74) is 0. The van der Waals surface area contributed by atoms with Crippen molar-refractivity contribution in [2.24, 2.45) is 0 Å². The van der Waals surface area contributed by atoms with Crippen LogP contribution in [-0.4, -0.2) is 56.3 Å². The fourth-order valence-electron chi connectivity index (χ4n) is 5.80. The molecule has 0 aliphatic heterocycles. The lowest BCUT2D eigenvalue weighted by atomic mass is 10.1. The van der Waals surface area contributed by atoms with Gasteiger partial charge in [-0.15, -0.1) is 0 Å². The first kappa shape index (κ1) is 55.5. The van der Waals surface area contributed by atoms with Gasteiger partial charge in [0.25, 0.3) is 0 Å². The Morgan fingerprint density at radius 2 is 0.931 bits per heavy atom. The highest BCUT2D eigenvalue weighted by atomic mass is 31.2. The number of hydrogen-bond donors (Lipinski definition) is 2. The monoisotopic (exact) mass is 834 g/mol. The number of carbonyl (C=O) groups is 2. The third-order valence-corrected chi connectivity index (χ3v) is 10.3. The minimum Gasteiger partial charge on any atom is -0.462 e. The van der Waals surface area contributed by atoms with Crippen molar-refractivity contribution in [2.75, 3.05) is 33.4 Å². The van der Waals surface area contributed by atoms with Crippen LogP contribution in [0, 0.1) is 0 Å². The van der Waals surface area contributed by atoms with E-state index in [0.717, 1.165) is 77.0 Å². The van der Waals surface area contributed by atoms with E-state index >= 15 is 0 Å². The Bertz CT molecular complexity index is 1180. The molecule has 0 saturated heterocycles. The first-order valence-corrected chi connectivity index (χ1v) is 24.4. The number of unbranched alkanes of at least 4 members (excludes halogenated alkanes) is 16. The summed E-state index contributed by atoms with van der Waals surface area (Å²) in [6.07, 6.45) is 52.3. The zero-order valence-corrected chi connectivity index (χ0v) is 37.9. The number of ether oxygens (including phenoxy) is 2. The molecule has 0 rings (SSSR count). The Morgan fingerprint density at radius 1 is 0.534 bits per heavy atom. The molecule has 0 aromatic heterocycles. The van der Waals surface area contributed by atoms with Gasteiger partial charge in [-0.2, -0.15) is 0 Å². The van der Waals surface area contributed by atoms with Crippen molar-refractivity contribution in [3.05, 3.63) is 72.9 Å². The summed E-state index contributed by atoms with van der Waals surface area (Å²) in [6.45, 7) is 4.12. The normalized spacial score (nSPS) is 13.9. The van der Waals surface area contributed by atoms with Crippen LogP contribution >= 0.6 is 7.82 Å². The number of rotatable bonds is 42. The van der Waals surface area contributed by atoms with Crippen molar-refractivity contribution in [1.82, 2.24) is 5.32 Å². The van der Waals surface area contributed by atoms with Gasteiger partial charge in [-0.1, -0.05) is 151 Å². The molecule has 0 amide bonds. The number of likely N-dealkylation sites (N-methyl/N-ethyl adjacent to an activating group) is 1. The molecule has 0 bridgehead atoms. The topological polar surface area (TPSA) is 120 Å². The maximum atomic E-state index is 12.6. The van der Waals surface area contributed by atoms with Gasteiger partial charge in [-0.05, 0) is 96.9 Å². The number of carbonyl (C=O) groups excluding carboxylic acids is 2. The standard InChI is InChI=1S/C48H84NO8P/c1-4-6-8-10-12-14-16-18-20-22-23-25-27-29-31-33-35-37-39-41-48(51)57-46(45-56-58(52,53)55-43-42-49-3)44-54-47(50)40-38-36-34-32-30-28-26-24-21-19-17-15-13-11-9-7-5-2/h12-15,18-21,23,25,29,31,46,49H,4-11,16-17,22,24,26-28,30,32-45H2,1-3H3,(H,52,53)/b14-12-,15-13-,20-18-,21-19-,25-23-,31-29-. The molecule has 0 fully saturated rings. The smallest absolute Gasteiger partial charge is 0.462 e. The van der Waals surface area contributed by atoms with Gasteiger partial charge in [-0.3, -0.25) is 18.6 Å². The van der Waals surface area contributed by atoms with Gasteiger partial charge in [0, 0.05) is 19.4 Å². The van der Waals surface area contributed by atoms with Crippen LogP contribution in [0.4, 0.5) is 0 Å². The minimum absolute atomic E-state index is 0.0283. The molecule has 2 atom stereocenters. The summed E-state index contributed by atoms with van der Waals surface area (Å²) in [6, 6.07) is 0. The van der Waals surface area contributed by atoms with E-state index in [9.17, 15) is 19.0 Å². The second kappa shape index (κ2) is 44.0. The Kier molecular flexibility index (Phi) is 42.1. The van der Waals surface area contributed by atoms with Crippen LogP contribution in [0.15, 0.2) is 72.9 Å². The molecule has 10 heteroatoms. The summed E-state index contributed by atoms with van der Waals surface area (Å²) in [4.78, 5) is 35.1. The quantitative estimate of drug-likeness (QED) is 0.0268. The molecule has 2 N–H and O–H groups in total. The second-order valence-corrected chi connectivity index (χ2v) is 16.3. The summed E-state index contributed by atoms with van der Waals surface area (Å²) in [5.74, 6) is -0.856. The van der Waals surface area contributed by atoms with Crippen LogP contribution < -0.4 is 5.32 Å². The predicted molar refractivity (Wildman–Crippen MR) is 243 cm³/mol. The van der Waals surface area contributed by atoms with E-state index in [2.05, 4.69) is 92.1 Å². The number of hydrogen-bond acceptors (Lipinski definition) is 8. The highest BCUT2D eigenvalue weighted by Crippen LogP contribution is 2.43. The molecular formula is C48H84NO8P. The van der Waals surface area contributed by atoms with E-state index < -0.39 is 32.5 Å². The van der Waals surface area contributed by atoms with Crippen LogP contribution in [0.1, 0.15) is 181 Å². The molecule has 0 aromatic carbocycles. The SMILES string of the molecule is CCCCC/C=C\C/C=C\C/C=C\C/C=C\CCCCCC(=O)OC(COC(=O)CCCCCCCCC/C=C\C/C=C\CCCCC)COP(=O)(O)OCCNC. The number of phosphoric ester groups is 1. The molecular weight excluding hydrogens is 750 g/mol. The molecule has 58 heavy (non-hydrogen) atoms. The molecule has 0 heterocycles. The lowest BCUT2D eigenvalue weighted by Gasteiger charge is -2.20. The molecule has 0 aliphatic carbocycles. The summed E-state index contributed by atoms with van der Waals surface area (Å²) < 4.78 is 33.2. The average molecular weight is 834 g/mol.